The van der Waals surface area contributed by atoms with Crippen LogP contribution < -0.4 is 25.4 Å². The zero-order valence-corrected chi connectivity index (χ0v) is 52.2. The summed E-state index contributed by atoms with van der Waals surface area (Å²) in [7, 11) is 4.63. The minimum atomic E-state index is -0.510. The standard InChI is InChI=1S/C71H92N6O7/c1-14-55-48(8)60-38-61-49(9)57(33-34-66(78)84-36-35-47(7)24-18-23-46(6)22-17-21-45(5)20-16-19-44(3)4)69(76-61)58(37-67(79)83-13)70-68(71(80)73-42-52-27-31-54(82-12)32-28-52)50(10)62(77-70)39-64-56(15-2)59(65(75-64)40-63(55)74-60)43-72-41-51-25-29-53(81-11)30-26-51/h14,25-32,35,38-40,43-46,49,57,72,76H,1,15-24,33-34,36-37,41-42H2,2-13H3,(H,73,80)/b47-35+,59-43?,61-38?,62-39?,63-40?,69-58?. The van der Waals surface area contributed by atoms with Gasteiger partial charge in [0.2, 0.25) is 0 Å². The second-order valence-electron chi connectivity index (χ2n) is 23.7. The first-order valence-corrected chi connectivity index (χ1v) is 30.5. The summed E-state index contributed by atoms with van der Waals surface area (Å²) in [5.74, 6) is 2.04. The molecule has 8 bridgehead atoms. The van der Waals surface area contributed by atoms with Crippen LogP contribution in [0, 0.1) is 29.6 Å². The van der Waals surface area contributed by atoms with E-state index < -0.39 is 5.97 Å². The molecule has 4 unspecified atom stereocenters. The third-order valence-electron chi connectivity index (χ3n) is 17.0. The highest BCUT2D eigenvalue weighted by Gasteiger charge is 2.40. The number of esters is 2. The van der Waals surface area contributed by atoms with Crippen molar-refractivity contribution in [3.05, 3.63) is 176 Å². The van der Waals surface area contributed by atoms with E-state index in [1.165, 1.54) is 57.6 Å². The van der Waals surface area contributed by atoms with Crippen molar-refractivity contribution < 1.29 is 33.3 Å². The van der Waals surface area contributed by atoms with Crippen LogP contribution in [0.1, 0.15) is 157 Å². The smallest absolute Gasteiger partial charge is 0.310 e. The molecule has 13 heteroatoms. The van der Waals surface area contributed by atoms with Crippen LogP contribution in [0.3, 0.4) is 0 Å². The van der Waals surface area contributed by atoms with E-state index in [0.29, 0.717) is 82.0 Å². The van der Waals surface area contributed by atoms with Crippen LogP contribution >= 0.6 is 0 Å². The Labute approximate surface area is 500 Å². The summed E-state index contributed by atoms with van der Waals surface area (Å²) in [6.07, 6.45) is 23.9. The SMILES string of the molecule is C=CC1=C(C)C2=NC1=CC1=NC(=C(CC)C1=CNCc1ccc(OC)cc1)C=C1N=C(C(CC(=O)OC)=C3NC(=C2)C(C)C3CCC(=O)OC/C=C(\C)CCCC(C)CCCC(C)CCCC(C)C)C(C(=O)NCc2ccc(OC)cc2)=C1C. The van der Waals surface area contributed by atoms with Crippen molar-refractivity contribution in [1.29, 1.82) is 0 Å². The van der Waals surface area contributed by atoms with Gasteiger partial charge in [-0.3, -0.25) is 14.4 Å². The van der Waals surface area contributed by atoms with Crippen LogP contribution in [0.4, 0.5) is 0 Å². The van der Waals surface area contributed by atoms with Gasteiger partial charge in [-0.2, -0.15) is 0 Å². The predicted molar refractivity (Wildman–Crippen MR) is 340 cm³/mol. The highest BCUT2D eigenvalue weighted by molar-refractivity contribution is 6.31. The van der Waals surface area contributed by atoms with Crippen LogP contribution in [-0.2, 0) is 36.9 Å². The summed E-state index contributed by atoms with van der Waals surface area (Å²) >= 11 is 0. The maximum atomic E-state index is 15.0. The van der Waals surface area contributed by atoms with Gasteiger partial charge < -0.3 is 34.9 Å². The van der Waals surface area contributed by atoms with Gasteiger partial charge in [-0.25, -0.2) is 15.0 Å². The van der Waals surface area contributed by atoms with Gasteiger partial charge in [0.1, 0.15) is 18.1 Å². The van der Waals surface area contributed by atoms with Gasteiger partial charge in [0.05, 0.1) is 67.5 Å². The number of carbonyl (C=O) groups is 3. The summed E-state index contributed by atoms with van der Waals surface area (Å²) in [6.45, 7) is 24.9. The van der Waals surface area contributed by atoms with E-state index in [-0.39, 0.29) is 49.7 Å². The summed E-state index contributed by atoms with van der Waals surface area (Å²) in [6, 6.07) is 15.5. The lowest BCUT2D eigenvalue weighted by Gasteiger charge is -2.20. The number of nitrogens with one attached hydrogen (secondary N) is 3. The quantitative estimate of drug-likeness (QED) is 0.0532. The molecule has 3 N–H and O–H groups in total. The number of methoxy groups -OCH3 is 3. The fourth-order valence-electron chi connectivity index (χ4n) is 11.7. The van der Waals surface area contributed by atoms with Crippen LogP contribution in [0.2, 0.25) is 0 Å². The molecule has 2 aromatic rings. The zero-order valence-electron chi connectivity index (χ0n) is 52.2. The molecule has 84 heavy (non-hydrogen) atoms. The first-order valence-electron chi connectivity index (χ1n) is 30.5. The summed E-state index contributed by atoms with van der Waals surface area (Å²) in [5.41, 5.74) is 13.5. The number of aliphatic imine (C=N–C) groups is 3. The van der Waals surface area contributed by atoms with Gasteiger partial charge >= 0.3 is 11.9 Å². The van der Waals surface area contributed by atoms with Crippen LogP contribution in [0.25, 0.3) is 0 Å². The molecule has 1 fully saturated rings. The number of carbonyl (C=O) groups excluding carboxylic acids is 3. The molecule has 0 aromatic heterocycles. The zero-order chi connectivity index (χ0) is 60.5. The van der Waals surface area contributed by atoms with Crippen molar-refractivity contribution in [3.63, 3.8) is 0 Å². The Kier molecular flexibility index (Phi) is 23.5. The molecule has 1 amide bonds. The Hall–Kier alpha value is -7.54. The Bertz CT molecular complexity index is 3150. The third-order valence-corrected chi connectivity index (χ3v) is 17.0. The molecule has 5 aliphatic heterocycles. The maximum Gasteiger partial charge on any atom is 0.310 e. The predicted octanol–water partition coefficient (Wildman–Crippen LogP) is 14.9. The van der Waals surface area contributed by atoms with Gasteiger partial charge in [-0.05, 0) is 141 Å². The number of allylic oxidation sites excluding steroid dienone is 11. The second kappa shape index (κ2) is 30.8. The first-order chi connectivity index (χ1) is 40.4. The molecule has 0 saturated carbocycles. The van der Waals surface area contributed by atoms with Crippen molar-refractivity contribution in [2.24, 2.45) is 44.6 Å². The van der Waals surface area contributed by atoms with E-state index >= 15 is 0 Å². The molecule has 0 radical (unpaired) electrons. The van der Waals surface area contributed by atoms with Crippen molar-refractivity contribution in [1.82, 2.24) is 16.0 Å². The van der Waals surface area contributed by atoms with E-state index in [2.05, 4.69) is 71.0 Å². The summed E-state index contributed by atoms with van der Waals surface area (Å²) < 4.78 is 22.1. The molecule has 13 nitrogen and oxygen atoms in total. The van der Waals surface area contributed by atoms with Crippen molar-refractivity contribution in [3.8, 4) is 11.5 Å². The summed E-state index contributed by atoms with van der Waals surface area (Å²) in [4.78, 5) is 58.5. The lowest BCUT2D eigenvalue weighted by atomic mass is 9.84. The molecule has 7 rings (SSSR count). The fourth-order valence-corrected chi connectivity index (χ4v) is 11.7. The number of benzene rings is 2. The van der Waals surface area contributed by atoms with E-state index in [1.807, 2.05) is 99.0 Å². The minimum absolute atomic E-state index is 0.119. The van der Waals surface area contributed by atoms with E-state index in [4.69, 9.17) is 33.9 Å². The molecule has 5 heterocycles. The molecular weight excluding hydrogens is 1050 g/mol. The Morgan fingerprint density at radius 3 is 2.00 bits per heavy atom. The number of ether oxygens (including phenoxy) is 4. The molecule has 5 aliphatic rings. The number of fused-ring (bicyclic) bond motifs is 5. The van der Waals surface area contributed by atoms with Crippen LogP contribution in [0.5, 0.6) is 11.5 Å². The monoisotopic (exact) mass is 1140 g/mol. The largest absolute Gasteiger partial charge is 0.497 e. The average Bonchev–Trinajstić information content (AvgIpc) is 2.27. The van der Waals surface area contributed by atoms with E-state index in [0.717, 1.165) is 75.3 Å². The van der Waals surface area contributed by atoms with E-state index in [9.17, 15) is 14.4 Å². The summed E-state index contributed by atoms with van der Waals surface area (Å²) in [5, 5.41) is 10.5. The fraction of sp³-hybridized carbons (Fsp3) is 0.465. The van der Waals surface area contributed by atoms with Crippen molar-refractivity contribution >= 4 is 35.0 Å². The van der Waals surface area contributed by atoms with Crippen LogP contribution in [-0.4, -0.2) is 62.9 Å². The van der Waals surface area contributed by atoms with Gasteiger partial charge in [0.15, 0.2) is 0 Å². The number of hydrogen-bond donors (Lipinski definition) is 3. The lowest BCUT2D eigenvalue weighted by Crippen LogP contribution is -2.30. The minimum Gasteiger partial charge on any atom is -0.497 e. The highest BCUT2D eigenvalue weighted by atomic mass is 16.5. The van der Waals surface area contributed by atoms with Crippen molar-refractivity contribution in [2.75, 3.05) is 27.9 Å². The molecular formula is C71H92N6O7. The lowest BCUT2D eigenvalue weighted by molar-refractivity contribution is -0.143. The molecule has 448 valence electrons. The normalized spacial score (nSPS) is 18.9. The van der Waals surface area contributed by atoms with Gasteiger partial charge in [-0.1, -0.05) is 129 Å². The topological polar surface area (TPSA) is 161 Å². The van der Waals surface area contributed by atoms with Gasteiger partial charge in [0, 0.05) is 65.7 Å². The molecule has 1 saturated heterocycles. The number of rotatable bonds is 29. The second-order valence-corrected chi connectivity index (χ2v) is 23.7. The van der Waals surface area contributed by atoms with Gasteiger partial charge in [-0.15, -0.1) is 0 Å². The molecule has 0 spiro atoms. The van der Waals surface area contributed by atoms with Gasteiger partial charge in [0.25, 0.3) is 5.91 Å². The molecule has 2 aromatic carbocycles. The molecule has 4 atom stereocenters. The average molecular weight is 1140 g/mol. The Morgan fingerprint density at radius 1 is 0.738 bits per heavy atom. The van der Waals surface area contributed by atoms with E-state index in [1.54, 1.807) is 14.2 Å². The van der Waals surface area contributed by atoms with Crippen LogP contribution in [0.15, 0.2) is 180 Å². The molecule has 0 aliphatic carbocycles. The Balaban J connectivity index is 1.21. The highest BCUT2D eigenvalue weighted by Crippen LogP contribution is 2.43. The number of amides is 1. The van der Waals surface area contributed by atoms with Crippen molar-refractivity contribution in [2.45, 2.75) is 159 Å². The third kappa shape index (κ3) is 16.8. The maximum absolute atomic E-state index is 15.0. The number of hydrogen-bond acceptors (Lipinski definition) is 12. The number of nitrogens with zero attached hydrogens (tertiary/aromatic N) is 3. The Morgan fingerprint density at radius 2 is 1.38 bits per heavy atom. The first kappa shape index (κ1) is 64.0.